The maximum Gasteiger partial charge on any atom is 0.127 e. The van der Waals surface area contributed by atoms with E-state index < -0.39 is 0 Å². The summed E-state index contributed by atoms with van der Waals surface area (Å²) >= 11 is 10.0. The van der Waals surface area contributed by atoms with Crippen LogP contribution >= 0.6 is 27.5 Å². The van der Waals surface area contributed by atoms with Crippen molar-refractivity contribution in [2.75, 3.05) is 6.61 Å². The van der Waals surface area contributed by atoms with Crippen molar-refractivity contribution in [1.29, 1.82) is 0 Å². The van der Waals surface area contributed by atoms with Gasteiger partial charge in [-0.1, -0.05) is 34.5 Å². The number of hydrogen-bond acceptors (Lipinski definition) is 1. The fourth-order valence-electron chi connectivity index (χ4n) is 2.65. The zero-order valence-electron chi connectivity index (χ0n) is 9.88. The van der Waals surface area contributed by atoms with E-state index in [0.717, 1.165) is 29.7 Å². The van der Waals surface area contributed by atoms with Crippen molar-refractivity contribution >= 4 is 27.5 Å². The minimum atomic E-state index is 0.362. The molecule has 3 heteroatoms. The summed E-state index contributed by atoms with van der Waals surface area (Å²) in [5.41, 5.74) is 2.50. The van der Waals surface area contributed by atoms with Crippen LogP contribution in [-0.4, -0.2) is 6.61 Å². The van der Waals surface area contributed by atoms with E-state index in [-0.39, 0.29) is 0 Å². The molecule has 0 N–H and O–H groups in total. The lowest BCUT2D eigenvalue weighted by Crippen LogP contribution is -2.07. The molecule has 3 rings (SSSR count). The van der Waals surface area contributed by atoms with E-state index in [1.54, 1.807) is 0 Å². The number of hydrogen-bond donors (Lipinski definition) is 0. The second-order valence-electron chi connectivity index (χ2n) is 5.18. The van der Waals surface area contributed by atoms with Gasteiger partial charge in [-0.25, -0.2) is 0 Å². The van der Waals surface area contributed by atoms with Crippen LogP contribution in [-0.2, 0) is 6.42 Å². The highest BCUT2D eigenvalue weighted by molar-refractivity contribution is 9.09. The van der Waals surface area contributed by atoms with Gasteiger partial charge >= 0.3 is 0 Å². The molecular formula is C14H16BrClO. The highest BCUT2D eigenvalue weighted by atomic mass is 79.9. The second kappa shape index (κ2) is 4.47. The molecule has 0 saturated heterocycles. The first-order valence-electron chi connectivity index (χ1n) is 6.26. The third kappa shape index (κ3) is 2.22. The summed E-state index contributed by atoms with van der Waals surface area (Å²) in [6.07, 6.45) is 3.72. The molecule has 1 nitrogen and oxygen atoms in total. The van der Waals surface area contributed by atoms with Crippen molar-refractivity contribution in [2.24, 2.45) is 11.8 Å². The first-order valence-corrected chi connectivity index (χ1v) is 7.55. The van der Waals surface area contributed by atoms with Gasteiger partial charge in [-0.2, -0.15) is 0 Å². The molecule has 0 aromatic heterocycles. The van der Waals surface area contributed by atoms with E-state index in [9.17, 15) is 0 Å². The quantitative estimate of drug-likeness (QED) is 0.731. The SMILES string of the molecule is CC(C1CC1)C(Br)c1cc(Cl)cc2c1OCC2. The molecule has 1 aromatic carbocycles. The Kier molecular flexibility index (Phi) is 3.12. The van der Waals surface area contributed by atoms with Crippen molar-refractivity contribution in [2.45, 2.75) is 31.0 Å². The van der Waals surface area contributed by atoms with Crippen LogP contribution in [0.2, 0.25) is 5.02 Å². The first kappa shape index (κ1) is 11.9. The maximum atomic E-state index is 6.20. The van der Waals surface area contributed by atoms with Gasteiger partial charge in [0.2, 0.25) is 0 Å². The Morgan fingerprint density at radius 1 is 1.41 bits per heavy atom. The standard InChI is InChI=1S/C14H16BrClO/c1-8(9-2-3-9)13(15)12-7-11(16)6-10-4-5-17-14(10)12/h6-9,13H,2-5H2,1H3. The number of ether oxygens (including phenoxy) is 1. The van der Waals surface area contributed by atoms with Gasteiger partial charge in [0.05, 0.1) is 6.61 Å². The summed E-state index contributed by atoms with van der Waals surface area (Å²) < 4.78 is 5.77. The normalized spacial score (nSPS) is 21.8. The fourth-order valence-corrected chi connectivity index (χ4v) is 3.67. The van der Waals surface area contributed by atoms with Crippen LogP contribution < -0.4 is 4.74 Å². The van der Waals surface area contributed by atoms with Gasteiger partial charge in [0, 0.05) is 21.8 Å². The van der Waals surface area contributed by atoms with Crippen LogP contribution in [0.1, 0.15) is 35.7 Å². The molecule has 2 atom stereocenters. The molecule has 2 aliphatic rings. The molecule has 1 aliphatic carbocycles. The van der Waals surface area contributed by atoms with Gasteiger partial charge in [0.1, 0.15) is 5.75 Å². The van der Waals surface area contributed by atoms with Crippen LogP contribution in [0.4, 0.5) is 0 Å². The van der Waals surface area contributed by atoms with Crippen LogP contribution in [0.25, 0.3) is 0 Å². The molecule has 1 heterocycles. The Bertz CT molecular complexity index is 442. The summed E-state index contributed by atoms with van der Waals surface area (Å²) in [4.78, 5) is 0.362. The Morgan fingerprint density at radius 3 is 2.88 bits per heavy atom. The molecule has 2 unspecified atom stereocenters. The van der Waals surface area contributed by atoms with E-state index in [2.05, 4.69) is 28.9 Å². The number of rotatable bonds is 3. The van der Waals surface area contributed by atoms with Crippen LogP contribution in [0.15, 0.2) is 12.1 Å². The predicted molar refractivity (Wildman–Crippen MR) is 74.2 cm³/mol. The molecule has 0 bridgehead atoms. The highest BCUT2D eigenvalue weighted by Gasteiger charge is 2.35. The van der Waals surface area contributed by atoms with Gasteiger partial charge in [0.25, 0.3) is 0 Å². The van der Waals surface area contributed by atoms with Gasteiger partial charge in [-0.05, 0) is 42.4 Å². The minimum Gasteiger partial charge on any atom is -0.493 e. The molecular weight excluding hydrogens is 300 g/mol. The summed E-state index contributed by atoms with van der Waals surface area (Å²) in [6.45, 7) is 3.11. The topological polar surface area (TPSA) is 9.23 Å². The Hall–Kier alpha value is -0.210. The largest absolute Gasteiger partial charge is 0.493 e. The molecule has 1 fully saturated rings. The van der Waals surface area contributed by atoms with E-state index in [1.807, 2.05) is 6.07 Å². The van der Waals surface area contributed by atoms with Crippen LogP contribution in [0, 0.1) is 11.8 Å². The fraction of sp³-hybridized carbons (Fsp3) is 0.571. The lowest BCUT2D eigenvalue weighted by atomic mass is 9.94. The summed E-state index contributed by atoms with van der Waals surface area (Å²) in [6, 6.07) is 4.10. The second-order valence-corrected chi connectivity index (χ2v) is 6.60. The Labute approximate surface area is 116 Å². The molecule has 1 aromatic rings. The molecule has 0 amide bonds. The van der Waals surface area contributed by atoms with E-state index in [4.69, 9.17) is 16.3 Å². The third-order valence-electron chi connectivity index (χ3n) is 3.90. The summed E-state index contributed by atoms with van der Waals surface area (Å²) in [5, 5.41) is 0.830. The monoisotopic (exact) mass is 314 g/mol. The van der Waals surface area contributed by atoms with E-state index in [1.165, 1.54) is 24.0 Å². The minimum absolute atomic E-state index is 0.362. The average Bonchev–Trinajstić information content (AvgIpc) is 3.05. The van der Waals surface area contributed by atoms with E-state index in [0.29, 0.717) is 10.7 Å². The van der Waals surface area contributed by atoms with Crippen LogP contribution in [0.5, 0.6) is 5.75 Å². The van der Waals surface area contributed by atoms with Crippen molar-refractivity contribution in [3.8, 4) is 5.75 Å². The summed E-state index contributed by atoms with van der Waals surface area (Å²) in [5.74, 6) is 2.60. The van der Waals surface area contributed by atoms with Crippen molar-refractivity contribution in [3.05, 3.63) is 28.3 Å². The zero-order valence-corrected chi connectivity index (χ0v) is 12.2. The van der Waals surface area contributed by atoms with Crippen molar-refractivity contribution in [1.82, 2.24) is 0 Å². The predicted octanol–water partition coefficient (Wildman–Crippen LogP) is 4.76. The van der Waals surface area contributed by atoms with Crippen molar-refractivity contribution in [3.63, 3.8) is 0 Å². The number of benzene rings is 1. The smallest absolute Gasteiger partial charge is 0.127 e. The van der Waals surface area contributed by atoms with Gasteiger partial charge in [-0.15, -0.1) is 0 Å². The Balaban J connectivity index is 1.96. The average molecular weight is 316 g/mol. The zero-order chi connectivity index (χ0) is 12.0. The van der Waals surface area contributed by atoms with Crippen LogP contribution in [0.3, 0.4) is 0 Å². The number of alkyl halides is 1. The lowest BCUT2D eigenvalue weighted by molar-refractivity contribution is 0.350. The molecule has 1 aliphatic heterocycles. The summed E-state index contributed by atoms with van der Waals surface area (Å²) in [7, 11) is 0. The van der Waals surface area contributed by atoms with Gasteiger partial charge in [-0.3, -0.25) is 0 Å². The van der Waals surface area contributed by atoms with Crippen molar-refractivity contribution < 1.29 is 4.74 Å². The van der Waals surface area contributed by atoms with E-state index >= 15 is 0 Å². The highest BCUT2D eigenvalue weighted by Crippen LogP contribution is 2.49. The molecule has 1 saturated carbocycles. The lowest BCUT2D eigenvalue weighted by Gasteiger charge is -2.20. The first-order chi connectivity index (χ1) is 8.16. The van der Waals surface area contributed by atoms with Gasteiger partial charge in [0.15, 0.2) is 0 Å². The Morgan fingerprint density at radius 2 is 2.18 bits per heavy atom. The molecule has 0 spiro atoms. The molecule has 0 radical (unpaired) electrons. The maximum absolute atomic E-state index is 6.20. The number of halogens is 2. The molecule has 92 valence electrons. The third-order valence-corrected chi connectivity index (χ3v) is 5.45. The molecule has 17 heavy (non-hydrogen) atoms. The number of fused-ring (bicyclic) bond motifs is 1. The van der Waals surface area contributed by atoms with Gasteiger partial charge < -0.3 is 4.74 Å².